The minimum atomic E-state index is -1.56. The van der Waals surface area contributed by atoms with Gasteiger partial charge in [0.25, 0.3) is 0 Å². The number of carbonyl (C=O) groups excluding carboxylic acids is 6. The van der Waals surface area contributed by atoms with Gasteiger partial charge in [-0.15, -0.1) is 0 Å². The molecule has 0 aromatic carbocycles. The number of cyclic esters (lactones) is 1. The van der Waals surface area contributed by atoms with Crippen LogP contribution in [-0.2, 0) is 33.5 Å². The number of hydrogen-bond acceptors (Lipinski definition) is 9. The van der Waals surface area contributed by atoms with Crippen molar-refractivity contribution in [1.29, 1.82) is 0 Å². The molecule has 0 aromatic heterocycles. The smallest absolute Gasteiger partial charge is 0.325 e. The third kappa shape index (κ3) is 13.0. The van der Waals surface area contributed by atoms with E-state index in [0.29, 0.717) is 19.3 Å². The molecule has 0 aliphatic carbocycles. The average molecular weight is 670 g/mol. The highest BCUT2D eigenvalue weighted by Crippen LogP contribution is 2.22. The molecule has 1 saturated heterocycles. The standard InChI is InChI=1S/C33H59N5O9/c1-10-12-13-14-15-24-20(6)33(46)38(9)23(16-18(3)4)29(42)35-26(19(5)11-2)31(44)37-28(22(8)40)32(45)36-27(21(7)39)30(43)34-17-25(41)47-24/h18-24,26-28,39-40H,10-17H2,1-9H3,(H,34,43)(H,35,42)(H,36,45)(H,37,44)/t19?,20-,21?,22?,23+,24-,26+,27+,28+/m1/s1. The summed E-state index contributed by atoms with van der Waals surface area (Å²) in [6.07, 6.45) is 0.916. The van der Waals surface area contributed by atoms with Crippen molar-refractivity contribution in [3.05, 3.63) is 0 Å². The quantitative estimate of drug-likeness (QED) is 0.136. The molecule has 0 saturated carbocycles. The molecular weight excluding hydrogens is 610 g/mol. The summed E-state index contributed by atoms with van der Waals surface area (Å²) in [5.41, 5.74) is 0. The molecule has 6 N–H and O–H groups in total. The number of rotatable bonds is 11. The second-order valence-electron chi connectivity index (χ2n) is 13.3. The number of carbonyl (C=O) groups is 6. The van der Waals surface area contributed by atoms with E-state index in [9.17, 15) is 39.0 Å². The predicted octanol–water partition coefficient (Wildman–Crippen LogP) is 0.770. The van der Waals surface area contributed by atoms with Gasteiger partial charge in [-0.05, 0) is 44.9 Å². The van der Waals surface area contributed by atoms with E-state index < -0.39 is 96.4 Å². The Hall–Kier alpha value is -3.26. The number of unbranched alkanes of at least 4 members (excludes halogenated alkanes) is 3. The van der Waals surface area contributed by atoms with Crippen LogP contribution < -0.4 is 21.3 Å². The van der Waals surface area contributed by atoms with Crippen LogP contribution in [0.1, 0.15) is 100 Å². The fourth-order valence-electron chi connectivity index (χ4n) is 5.43. The molecule has 5 amide bonds. The van der Waals surface area contributed by atoms with Crippen molar-refractivity contribution in [1.82, 2.24) is 26.2 Å². The second-order valence-corrected chi connectivity index (χ2v) is 13.3. The summed E-state index contributed by atoms with van der Waals surface area (Å²) in [5.74, 6) is -5.69. The molecule has 1 fully saturated rings. The Labute approximate surface area is 279 Å². The molecular formula is C33H59N5O9. The molecule has 0 spiro atoms. The monoisotopic (exact) mass is 669 g/mol. The van der Waals surface area contributed by atoms with E-state index in [1.807, 2.05) is 20.8 Å². The van der Waals surface area contributed by atoms with Crippen LogP contribution in [0.4, 0.5) is 0 Å². The zero-order valence-corrected chi connectivity index (χ0v) is 29.6. The summed E-state index contributed by atoms with van der Waals surface area (Å²) in [6.45, 7) is 13.0. The lowest BCUT2D eigenvalue weighted by Crippen LogP contribution is -2.63. The molecule has 9 atom stereocenters. The number of aliphatic hydroxyl groups excluding tert-OH is 2. The van der Waals surface area contributed by atoms with Gasteiger partial charge in [0.05, 0.1) is 18.1 Å². The summed E-state index contributed by atoms with van der Waals surface area (Å²) < 4.78 is 5.72. The number of hydrogen-bond donors (Lipinski definition) is 6. The molecule has 1 aliphatic rings. The third-order valence-electron chi connectivity index (χ3n) is 8.71. The minimum absolute atomic E-state index is 0.00903. The van der Waals surface area contributed by atoms with Gasteiger partial charge in [0.2, 0.25) is 29.5 Å². The van der Waals surface area contributed by atoms with Gasteiger partial charge in [0, 0.05) is 7.05 Å². The van der Waals surface area contributed by atoms with Crippen LogP contribution >= 0.6 is 0 Å². The summed E-state index contributed by atoms with van der Waals surface area (Å²) >= 11 is 0. The summed E-state index contributed by atoms with van der Waals surface area (Å²) in [4.78, 5) is 81.9. The zero-order chi connectivity index (χ0) is 36.0. The topological polar surface area (TPSA) is 203 Å². The van der Waals surface area contributed by atoms with Gasteiger partial charge >= 0.3 is 5.97 Å². The molecule has 0 aromatic rings. The molecule has 0 bridgehead atoms. The first-order chi connectivity index (χ1) is 22.0. The van der Waals surface area contributed by atoms with Crippen molar-refractivity contribution in [2.24, 2.45) is 17.8 Å². The van der Waals surface area contributed by atoms with Gasteiger partial charge in [0.1, 0.15) is 36.8 Å². The maximum absolute atomic E-state index is 13.9. The van der Waals surface area contributed by atoms with E-state index in [1.165, 1.54) is 25.8 Å². The van der Waals surface area contributed by atoms with Gasteiger partial charge in [-0.2, -0.15) is 0 Å². The van der Waals surface area contributed by atoms with Gasteiger partial charge in [0.15, 0.2) is 0 Å². The maximum atomic E-state index is 13.9. The normalized spacial score (nSPS) is 28.1. The molecule has 0 radical (unpaired) electrons. The van der Waals surface area contributed by atoms with Gasteiger partial charge in [-0.3, -0.25) is 28.8 Å². The number of amides is 5. The van der Waals surface area contributed by atoms with Crippen LogP contribution in [-0.4, -0.2) is 107 Å². The van der Waals surface area contributed by atoms with E-state index in [-0.39, 0.29) is 12.3 Å². The first-order valence-corrected chi connectivity index (χ1v) is 17.0. The van der Waals surface area contributed by atoms with Crippen molar-refractivity contribution < 1.29 is 43.7 Å². The van der Waals surface area contributed by atoms with Crippen LogP contribution in [0, 0.1) is 17.8 Å². The maximum Gasteiger partial charge on any atom is 0.325 e. The predicted molar refractivity (Wildman–Crippen MR) is 175 cm³/mol. The van der Waals surface area contributed by atoms with E-state index in [1.54, 1.807) is 13.8 Å². The van der Waals surface area contributed by atoms with Crippen molar-refractivity contribution in [3.63, 3.8) is 0 Å². The molecule has 1 aliphatic heterocycles. The first-order valence-electron chi connectivity index (χ1n) is 17.0. The summed E-state index contributed by atoms with van der Waals surface area (Å²) in [5, 5.41) is 30.7. The van der Waals surface area contributed by atoms with Crippen LogP contribution in [0.15, 0.2) is 0 Å². The molecule has 14 nitrogen and oxygen atoms in total. The fraction of sp³-hybridized carbons (Fsp3) is 0.818. The Morgan fingerprint density at radius 2 is 1.32 bits per heavy atom. The lowest BCUT2D eigenvalue weighted by molar-refractivity contribution is -0.157. The lowest BCUT2D eigenvalue weighted by Gasteiger charge is -2.34. The van der Waals surface area contributed by atoms with Gasteiger partial charge in [-0.1, -0.05) is 67.2 Å². The SMILES string of the molecule is CCCCCC[C@H]1OC(=O)CNC(=O)[C@H](C(C)O)NC(=O)[C@H](C(C)O)NC(=O)[C@H](C(C)CC)NC(=O)[C@H](CC(C)C)N(C)C(=O)[C@@H]1C. The molecule has 47 heavy (non-hydrogen) atoms. The van der Waals surface area contributed by atoms with Crippen molar-refractivity contribution in [3.8, 4) is 0 Å². The molecule has 1 rings (SSSR count). The van der Waals surface area contributed by atoms with Crippen LogP contribution in [0.3, 0.4) is 0 Å². The highest BCUT2D eigenvalue weighted by molar-refractivity contribution is 5.96. The van der Waals surface area contributed by atoms with E-state index in [2.05, 4.69) is 28.2 Å². The highest BCUT2D eigenvalue weighted by atomic mass is 16.5. The Morgan fingerprint density at radius 1 is 0.787 bits per heavy atom. The van der Waals surface area contributed by atoms with E-state index in [0.717, 1.165) is 19.3 Å². The fourth-order valence-corrected chi connectivity index (χ4v) is 5.43. The van der Waals surface area contributed by atoms with Crippen LogP contribution in [0.5, 0.6) is 0 Å². The highest BCUT2D eigenvalue weighted by Gasteiger charge is 2.39. The molecule has 3 unspecified atom stereocenters. The minimum Gasteiger partial charge on any atom is -0.460 e. The third-order valence-corrected chi connectivity index (χ3v) is 8.71. The number of nitrogens with zero attached hydrogens (tertiary/aromatic N) is 1. The number of ether oxygens (including phenoxy) is 1. The number of esters is 1. The van der Waals surface area contributed by atoms with Crippen LogP contribution in [0.2, 0.25) is 0 Å². The number of nitrogens with one attached hydrogen (secondary N) is 4. The Balaban J connectivity index is 3.67. The van der Waals surface area contributed by atoms with E-state index >= 15 is 0 Å². The Kier molecular flexibility index (Phi) is 17.9. The average Bonchev–Trinajstić information content (AvgIpc) is 3.01. The Bertz CT molecular complexity index is 1070. The number of aliphatic hydroxyl groups is 2. The van der Waals surface area contributed by atoms with Crippen LogP contribution in [0.25, 0.3) is 0 Å². The summed E-state index contributed by atoms with van der Waals surface area (Å²) in [7, 11) is 1.51. The lowest BCUT2D eigenvalue weighted by atomic mass is 9.94. The van der Waals surface area contributed by atoms with Gasteiger partial charge in [-0.25, -0.2) is 0 Å². The van der Waals surface area contributed by atoms with Crippen molar-refractivity contribution in [2.75, 3.05) is 13.6 Å². The second kappa shape index (κ2) is 20.2. The molecule has 270 valence electrons. The van der Waals surface area contributed by atoms with E-state index in [4.69, 9.17) is 4.74 Å². The van der Waals surface area contributed by atoms with Crippen molar-refractivity contribution >= 4 is 35.5 Å². The zero-order valence-electron chi connectivity index (χ0n) is 29.6. The summed E-state index contributed by atoms with van der Waals surface area (Å²) in [6, 6.07) is -5.21. The number of likely N-dealkylation sites (N-methyl/N-ethyl adjacent to an activating group) is 1. The largest absolute Gasteiger partial charge is 0.460 e. The first kappa shape index (κ1) is 41.8. The molecule has 14 heteroatoms. The Morgan fingerprint density at radius 3 is 1.83 bits per heavy atom. The van der Waals surface area contributed by atoms with Gasteiger partial charge < -0.3 is 41.1 Å². The molecule has 1 heterocycles. The van der Waals surface area contributed by atoms with Crippen molar-refractivity contribution in [2.45, 2.75) is 143 Å².